The highest BCUT2D eigenvalue weighted by atomic mass is 32.2. The zero-order valence-electron chi connectivity index (χ0n) is 8.68. The van der Waals surface area contributed by atoms with E-state index in [2.05, 4.69) is 4.90 Å². The van der Waals surface area contributed by atoms with Crippen molar-refractivity contribution >= 4 is 16.8 Å². The van der Waals surface area contributed by atoms with Gasteiger partial charge in [-0.2, -0.15) is 0 Å². The van der Waals surface area contributed by atoms with Gasteiger partial charge in [-0.25, -0.2) is 0 Å². The maximum absolute atomic E-state index is 11.4. The Morgan fingerprint density at radius 1 is 1.33 bits per heavy atom. The van der Waals surface area contributed by atoms with Gasteiger partial charge in [-0.1, -0.05) is 0 Å². The quantitative estimate of drug-likeness (QED) is 0.675. The molecule has 0 amide bonds. The molecule has 1 atom stereocenters. The molecule has 1 heterocycles. The number of hydrogen-bond acceptors (Lipinski definition) is 4. The second-order valence-electron chi connectivity index (χ2n) is 3.45. The first kappa shape index (κ1) is 12.6. The van der Waals surface area contributed by atoms with Crippen molar-refractivity contribution in [3.8, 4) is 0 Å². The molecule has 1 saturated heterocycles. The van der Waals surface area contributed by atoms with Crippen molar-refractivity contribution < 1.29 is 18.8 Å². The van der Waals surface area contributed by atoms with E-state index in [-0.39, 0.29) is 12.2 Å². The second kappa shape index (κ2) is 6.92. The molecule has 15 heavy (non-hydrogen) atoms. The fraction of sp³-hybridized carbons (Fsp3) is 0.889. The summed E-state index contributed by atoms with van der Waals surface area (Å²) in [6.45, 7) is 4.02. The molecular formula is C9H17NO4S. The lowest BCUT2D eigenvalue weighted by Gasteiger charge is -2.26. The molecule has 0 saturated carbocycles. The summed E-state index contributed by atoms with van der Waals surface area (Å²) >= 11 is 0. The Bertz CT molecular complexity index is 228. The van der Waals surface area contributed by atoms with Gasteiger partial charge in [0, 0.05) is 41.9 Å². The summed E-state index contributed by atoms with van der Waals surface area (Å²) in [4.78, 5) is 12.4. The Labute approximate surface area is 91.9 Å². The summed E-state index contributed by atoms with van der Waals surface area (Å²) in [5, 5.41) is 8.42. The van der Waals surface area contributed by atoms with Crippen LogP contribution in [0.4, 0.5) is 0 Å². The van der Waals surface area contributed by atoms with E-state index in [0.717, 1.165) is 32.8 Å². The van der Waals surface area contributed by atoms with Crippen molar-refractivity contribution in [2.24, 2.45) is 0 Å². The van der Waals surface area contributed by atoms with Gasteiger partial charge in [0.2, 0.25) is 0 Å². The third kappa shape index (κ3) is 5.86. The zero-order chi connectivity index (χ0) is 11.1. The molecular weight excluding hydrogens is 218 g/mol. The van der Waals surface area contributed by atoms with Crippen LogP contribution in [0.1, 0.15) is 6.42 Å². The third-order valence-corrected chi connectivity index (χ3v) is 3.58. The highest BCUT2D eigenvalue weighted by Gasteiger charge is 2.11. The second-order valence-corrected chi connectivity index (χ2v) is 5.14. The Morgan fingerprint density at radius 3 is 2.60 bits per heavy atom. The maximum Gasteiger partial charge on any atom is 0.304 e. The molecule has 5 nitrogen and oxygen atoms in total. The van der Waals surface area contributed by atoms with E-state index in [1.54, 1.807) is 0 Å². The number of carboxylic acid groups (broad SMARTS) is 1. The minimum absolute atomic E-state index is 0.00424. The fourth-order valence-corrected chi connectivity index (χ4v) is 2.43. The summed E-state index contributed by atoms with van der Waals surface area (Å²) in [5.41, 5.74) is 0. The Morgan fingerprint density at radius 2 is 2.00 bits per heavy atom. The van der Waals surface area contributed by atoms with Crippen molar-refractivity contribution in [1.82, 2.24) is 4.90 Å². The van der Waals surface area contributed by atoms with E-state index in [9.17, 15) is 9.00 Å². The van der Waals surface area contributed by atoms with E-state index in [1.165, 1.54) is 0 Å². The van der Waals surface area contributed by atoms with Crippen LogP contribution in [0.5, 0.6) is 0 Å². The van der Waals surface area contributed by atoms with Crippen LogP contribution in [0.2, 0.25) is 0 Å². The summed E-state index contributed by atoms with van der Waals surface area (Å²) < 4.78 is 16.6. The lowest BCUT2D eigenvalue weighted by Crippen LogP contribution is -2.38. The van der Waals surface area contributed by atoms with E-state index < -0.39 is 16.8 Å². The van der Waals surface area contributed by atoms with E-state index >= 15 is 0 Å². The summed E-state index contributed by atoms with van der Waals surface area (Å²) in [6, 6.07) is 0. The molecule has 0 spiro atoms. The summed E-state index contributed by atoms with van der Waals surface area (Å²) in [5.74, 6) is -0.0535. The predicted molar refractivity (Wildman–Crippen MR) is 57.4 cm³/mol. The van der Waals surface area contributed by atoms with E-state index in [4.69, 9.17) is 9.84 Å². The first-order valence-corrected chi connectivity index (χ1v) is 6.54. The number of rotatable bonds is 6. The van der Waals surface area contributed by atoms with Crippen LogP contribution in [-0.4, -0.2) is 64.5 Å². The van der Waals surface area contributed by atoms with Crippen LogP contribution >= 0.6 is 0 Å². The molecule has 1 unspecified atom stereocenters. The molecule has 0 aromatic carbocycles. The van der Waals surface area contributed by atoms with Crippen molar-refractivity contribution in [3.63, 3.8) is 0 Å². The SMILES string of the molecule is O=C(O)CCS(=O)CCN1CCOCC1. The van der Waals surface area contributed by atoms with Crippen molar-refractivity contribution in [3.05, 3.63) is 0 Å². The average Bonchev–Trinajstić information content (AvgIpc) is 2.25. The van der Waals surface area contributed by atoms with Crippen molar-refractivity contribution in [2.45, 2.75) is 6.42 Å². The van der Waals surface area contributed by atoms with Gasteiger partial charge in [0.05, 0.1) is 19.6 Å². The molecule has 1 fully saturated rings. The van der Waals surface area contributed by atoms with Crippen LogP contribution < -0.4 is 0 Å². The highest BCUT2D eigenvalue weighted by molar-refractivity contribution is 7.85. The van der Waals surface area contributed by atoms with Crippen LogP contribution in [0.15, 0.2) is 0 Å². The van der Waals surface area contributed by atoms with Crippen LogP contribution in [0.3, 0.4) is 0 Å². The molecule has 6 heteroatoms. The lowest BCUT2D eigenvalue weighted by molar-refractivity contribution is -0.136. The molecule has 0 bridgehead atoms. The fourth-order valence-electron chi connectivity index (χ4n) is 1.36. The van der Waals surface area contributed by atoms with Gasteiger partial charge in [0.25, 0.3) is 0 Å². The first-order valence-electron chi connectivity index (χ1n) is 5.05. The molecule has 0 radical (unpaired) electrons. The number of hydrogen-bond donors (Lipinski definition) is 1. The number of aliphatic carboxylic acids is 1. The third-order valence-electron chi connectivity index (χ3n) is 2.28. The molecule has 1 N–H and O–H groups in total. The standard InChI is InChI=1S/C9H17NO4S/c11-9(12)1-7-15(13)8-4-10-2-5-14-6-3-10/h1-8H2,(H,11,12). The van der Waals surface area contributed by atoms with Gasteiger partial charge in [-0.05, 0) is 0 Å². The average molecular weight is 235 g/mol. The minimum atomic E-state index is -1.01. The predicted octanol–water partition coefficient (Wildman–Crippen LogP) is -0.458. The van der Waals surface area contributed by atoms with Gasteiger partial charge < -0.3 is 9.84 Å². The zero-order valence-corrected chi connectivity index (χ0v) is 9.50. The number of carboxylic acids is 1. The van der Waals surface area contributed by atoms with Gasteiger partial charge in [0.15, 0.2) is 0 Å². The number of morpholine rings is 1. The van der Waals surface area contributed by atoms with Crippen LogP contribution in [0.25, 0.3) is 0 Å². The Kier molecular flexibility index (Phi) is 5.82. The van der Waals surface area contributed by atoms with Gasteiger partial charge in [-0.3, -0.25) is 13.9 Å². The number of carbonyl (C=O) groups is 1. The summed E-state index contributed by atoms with van der Waals surface area (Å²) in [7, 11) is -1.01. The van der Waals surface area contributed by atoms with E-state index in [1.807, 2.05) is 0 Å². The largest absolute Gasteiger partial charge is 0.481 e. The summed E-state index contributed by atoms with van der Waals surface area (Å²) in [6.07, 6.45) is -0.00424. The van der Waals surface area contributed by atoms with Gasteiger partial charge in [0.1, 0.15) is 0 Å². The molecule has 1 aliphatic rings. The minimum Gasteiger partial charge on any atom is -0.481 e. The maximum atomic E-state index is 11.4. The molecule has 1 rings (SSSR count). The van der Waals surface area contributed by atoms with Crippen LogP contribution in [-0.2, 0) is 20.3 Å². The topological polar surface area (TPSA) is 66.8 Å². The van der Waals surface area contributed by atoms with Crippen LogP contribution in [0, 0.1) is 0 Å². The monoisotopic (exact) mass is 235 g/mol. The smallest absolute Gasteiger partial charge is 0.304 e. The van der Waals surface area contributed by atoms with Gasteiger partial charge in [-0.15, -0.1) is 0 Å². The number of ether oxygens (including phenoxy) is 1. The molecule has 0 aromatic rings. The van der Waals surface area contributed by atoms with Crippen molar-refractivity contribution in [1.29, 1.82) is 0 Å². The molecule has 0 aliphatic carbocycles. The highest BCUT2D eigenvalue weighted by Crippen LogP contribution is 1.97. The normalized spacial score (nSPS) is 20.0. The Balaban J connectivity index is 2.07. The van der Waals surface area contributed by atoms with Crippen molar-refractivity contribution in [2.75, 3.05) is 44.4 Å². The Hall–Kier alpha value is -0.460. The molecule has 1 aliphatic heterocycles. The van der Waals surface area contributed by atoms with E-state index in [0.29, 0.717) is 5.75 Å². The number of nitrogens with zero attached hydrogens (tertiary/aromatic N) is 1. The van der Waals surface area contributed by atoms with Gasteiger partial charge >= 0.3 is 5.97 Å². The molecule has 88 valence electrons. The lowest BCUT2D eigenvalue weighted by atomic mass is 10.4. The molecule has 0 aromatic heterocycles. The first-order chi connectivity index (χ1) is 7.18.